The minimum atomic E-state index is 0.223. The topological polar surface area (TPSA) is 29.3 Å². The lowest BCUT2D eigenvalue weighted by molar-refractivity contribution is 0.150. The normalized spacial score (nSPS) is 30.9. The summed E-state index contributed by atoms with van der Waals surface area (Å²) in [7, 11) is 2.22. The van der Waals surface area contributed by atoms with Gasteiger partial charge in [-0.2, -0.15) is 0 Å². The number of hydrogen-bond donors (Lipinski definition) is 1. The van der Waals surface area contributed by atoms with Crippen molar-refractivity contribution in [2.75, 3.05) is 20.1 Å². The van der Waals surface area contributed by atoms with Gasteiger partial charge in [-0.05, 0) is 51.7 Å². The monoisotopic (exact) mass is 182 g/mol. The first kappa shape index (κ1) is 9.47. The quantitative estimate of drug-likeness (QED) is 0.667. The molecule has 1 saturated heterocycles. The zero-order chi connectivity index (χ0) is 9.31. The number of nitrogens with zero attached hydrogens (tertiary/aromatic N) is 1. The Morgan fingerprint density at radius 1 is 1.15 bits per heavy atom. The van der Waals surface area contributed by atoms with Gasteiger partial charge in [-0.1, -0.05) is 12.8 Å². The molecular weight excluding hydrogens is 160 g/mol. The summed E-state index contributed by atoms with van der Waals surface area (Å²) in [6.07, 6.45) is 7.94. The second-order valence-electron chi connectivity index (χ2n) is 5.02. The molecule has 2 aliphatic rings. The first-order valence-corrected chi connectivity index (χ1v) is 5.68. The van der Waals surface area contributed by atoms with Crippen LogP contribution in [0.5, 0.6) is 0 Å². The fourth-order valence-corrected chi connectivity index (χ4v) is 3.02. The Morgan fingerprint density at radius 3 is 2.23 bits per heavy atom. The summed E-state index contributed by atoms with van der Waals surface area (Å²) in [4.78, 5) is 2.43. The van der Waals surface area contributed by atoms with E-state index in [1.165, 1.54) is 51.6 Å². The minimum absolute atomic E-state index is 0.223. The standard InChI is InChI=1S/C11H22N2/c1-13-8-4-10(5-9-13)11(12)6-2-3-7-11/h10H,2-9,12H2,1H3. The number of nitrogens with two attached hydrogens (primary N) is 1. The van der Waals surface area contributed by atoms with Gasteiger partial charge in [-0.3, -0.25) is 0 Å². The van der Waals surface area contributed by atoms with Crippen LogP contribution in [0.1, 0.15) is 38.5 Å². The Labute approximate surface area is 81.5 Å². The molecule has 2 nitrogen and oxygen atoms in total. The molecule has 0 aromatic carbocycles. The van der Waals surface area contributed by atoms with Crippen LogP contribution in [-0.4, -0.2) is 30.6 Å². The molecule has 0 aromatic heterocycles. The van der Waals surface area contributed by atoms with Crippen LogP contribution in [-0.2, 0) is 0 Å². The van der Waals surface area contributed by atoms with E-state index < -0.39 is 0 Å². The van der Waals surface area contributed by atoms with E-state index in [2.05, 4.69) is 11.9 Å². The molecule has 2 heteroatoms. The van der Waals surface area contributed by atoms with Crippen LogP contribution in [0.3, 0.4) is 0 Å². The summed E-state index contributed by atoms with van der Waals surface area (Å²) in [6, 6.07) is 0. The van der Waals surface area contributed by atoms with E-state index in [0.29, 0.717) is 0 Å². The molecule has 1 aliphatic heterocycles. The summed E-state index contributed by atoms with van der Waals surface area (Å²) in [5.41, 5.74) is 6.68. The van der Waals surface area contributed by atoms with Crippen molar-refractivity contribution in [2.24, 2.45) is 11.7 Å². The summed E-state index contributed by atoms with van der Waals surface area (Å²) in [5, 5.41) is 0. The van der Waals surface area contributed by atoms with Crippen molar-refractivity contribution < 1.29 is 0 Å². The van der Waals surface area contributed by atoms with Gasteiger partial charge in [0.05, 0.1) is 0 Å². The second-order valence-corrected chi connectivity index (χ2v) is 5.02. The van der Waals surface area contributed by atoms with Gasteiger partial charge in [0.2, 0.25) is 0 Å². The van der Waals surface area contributed by atoms with E-state index >= 15 is 0 Å². The summed E-state index contributed by atoms with van der Waals surface area (Å²) < 4.78 is 0. The van der Waals surface area contributed by atoms with E-state index in [0.717, 1.165) is 5.92 Å². The fourth-order valence-electron chi connectivity index (χ4n) is 3.02. The maximum atomic E-state index is 6.46. The largest absolute Gasteiger partial charge is 0.325 e. The fraction of sp³-hybridized carbons (Fsp3) is 1.00. The molecule has 2 N–H and O–H groups in total. The second kappa shape index (κ2) is 3.58. The highest BCUT2D eigenvalue weighted by Crippen LogP contribution is 2.38. The molecule has 0 radical (unpaired) electrons. The van der Waals surface area contributed by atoms with Crippen LogP contribution in [0.15, 0.2) is 0 Å². The molecule has 1 saturated carbocycles. The van der Waals surface area contributed by atoms with Crippen molar-refractivity contribution in [3.8, 4) is 0 Å². The van der Waals surface area contributed by atoms with E-state index in [1.54, 1.807) is 0 Å². The Bertz CT molecular complexity index is 165. The molecule has 2 rings (SSSR count). The molecule has 13 heavy (non-hydrogen) atoms. The number of piperidine rings is 1. The Morgan fingerprint density at radius 2 is 1.69 bits per heavy atom. The lowest BCUT2D eigenvalue weighted by Gasteiger charge is -2.39. The Kier molecular flexibility index (Phi) is 2.61. The predicted octanol–water partition coefficient (Wildman–Crippen LogP) is 1.60. The zero-order valence-corrected chi connectivity index (χ0v) is 8.76. The maximum absolute atomic E-state index is 6.46. The molecule has 0 atom stereocenters. The summed E-state index contributed by atoms with van der Waals surface area (Å²) >= 11 is 0. The average molecular weight is 182 g/mol. The van der Waals surface area contributed by atoms with E-state index in [1.807, 2.05) is 0 Å². The van der Waals surface area contributed by atoms with Crippen molar-refractivity contribution in [3.63, 3.8) is 0 Å². The van der Waals surface area contributed by atoms with Gasteiger partial charge in [0, 0.05) is 5.54 Å². The number of hydrogen-bond acceptors (Lipinski definition) is 2. The highest BCUT2D eigenvalue weighted by atomic mass is 15.1. The predicted molar refractivity (Wildman–Crippen MR) is 55.6 cm³/mol. The van der Waals surface area contributed by atoms with Crippen molar-refractivity contribution in [2.45, 2.75) is 44.1 Å². The van der Waals surface area contributed by atoms with Gasteiger partial charge in [0.15, 0.2) is 0 Å². The third kappa shape index (κ3) is 1.89. The molecule has 1 heterocycles. The van der Waals surface area contributed by atoms with E-state index in [9.17, 15) is 0 Å². The molecule has 1 aliphatic carbocycles. The first-order valence-electron chi connectivity index (χ1n) is 5.68. The average Bonchev–Trinajstić information content (AvgIpc) is 2.54. The zero-order valence-electron chi connectivity index (χ0n) is 8.76. The number of rotatable bonds is 1. The number of likely N-dealkylation sites (tertiary alicyclic amines) is 1. The van der Waals surface area contributed by atoms with Gasteiger partial charge < -0.3 is 10.6 Å². The molecule has 2 fully saturated rings. The SMILES string of the molecule is CN1CCC(C2(N)CCCC2)CC1. The van der Waals surface area contributed by atoms with Crippen LogP contribution in [0, 0.1) is 5.92 Å². The first-order chi connectivity index (χ1) is 6.21. The highest BCUT2D eigenvalue weighted by molar-refractivity contribution is 4.96. The third-order valence-corrected chi connectivity index (χ3v) is 4.07. The summed E-state index contributed by atoms with van der Waals surface area (Å²) in [6.45, 7) is 2.51. The van der Waals surface area contributed by atoms with Crippen LogP contribution in [0.25, 0.3) is 0 Å². The molecule has 0 amide bonds. The van der Waals surface area contributed by atoms with Crippen LogP contribution in [0.2, 0.25) is 0 Å². The minimum Gasteiger partial charge on any atom is -0.325 e. The molecule has 76 valence electrons. The lowest BCUT2D eigenvalue weighted by atomic mass is 9.77. The smallest absolute Gasteiger partial charge is 0.0183 e. The Balaban J connectivity index is 1.93. The van der Waals surface area contributed by atoms with Gasteiger partial charge in [-0.25, -0.2) is 0 Å². The van der Waals surface area contributed by atoms with Crippen LogP contribution >= 0.6 is 0 Å². The van der Waals surface area contributed by atoms with Crippen LogP contribution < -0.4 is 5.73 Å². The summed E-state index contributed by atoms with van der Waals surface area (Å²) in [5.74, 6) is 0.811. The van der Waals surface area contributed by atoms with Gasteiger partial charge in [0.25, 0.3) is 0 Å². The lowest BCUT2D eigenvalue weighted by Crippen LogP contribution is -2.48. The maximum Gasteiger partial charge on any atom is 0.0183 e. The van der Waals surface area contributed by atoms with Gasteiger partial charge in [-0.15, -0.1) is 0 Å². The highest BCUT2D eigenvalue weighted by Gasteiger charge is 2.38. The Hall–Kier alpha value is -0.0800. The van der Waals surface area contributed by atoms with E-state index in [4.69, 9.17) is 5.73 Å². The molecule has 0 aromatic rings. The van der Waals surface area contributed by atoms with E-state index in [-0.39, 0.29) is 5.54 Å². The van der Waals surface area contributed by atoms with Gasteiger partial charge in [0.1, 0.15) is 0 Å². The molecular formula is C11H22N2. The van der Waals surface area contributed by atoms with Crippen molar-refractivity contribution in [1.82, 2.24) is 4.90 Å². The molecule has 0 spiro atoms. The van der Waals surface area contributed by atoms with Crippen molar-refractivity contribution >= 4 is 0 Å². The van der Waals surface area contributed by atoms with Crippen LogP contribution in [0.4, 0.5) is 0 Å². The molecule has 0 bridgehead atoms. The van der Waals surface area contributed by atoms with Gasteiger partial charge >= 0.3 is 0 Å². The van der Waals surface area contributed by atoms with Crippen molar-refractivity contribution in [1.29, 1.82) is 0 Å². The third-order valence-electron chi connectivity index (χ3n) is 4.07. The molecule has 0 unspecified atom stereocenters. The van der Waals surface area contributed by atoms with Crippen molar-refractivity contribution in [3.05, 3.63) is 0 Å².